The molecular weight excluding hydrogens is 181 g/mol. The zero-order valence-corrected chi connectivity index (χ0v) is 7.95. The van der Waals surface area contributed by atoms with Gasteiger partial charge in [0.05, 0.1) is 12.7 Å². The van der Waals surface area contributed by atoms with E-state index in [-0.39, 0.29) is 17.9 Å². The highest BCUT2D eigenvalue weighted by Gasteiger charge is 2.40. The summed E-state index contributed by atoms with van der Waals surface area (Å²) in [5.41, 5.74) is 0.0750. The van der Waals surface area contributed by atoms with E-state index in [1.807, 2.05) is 13.8 Å². The molecule has 0 aromatic carbocycles. The molecular formula is C9H15F3O. The Kier molecular flexibility index (Phi) is 2.90. The summed E-state index contributed by atoms with van der Waals surface area (Å²) in [5.74, 6) is 0. The van der Waals surface area contributed by atoms with Crippen LogP contribution >= 0.6 is 0 Å². The van der Waals surface area contributed by atoms with Gasteiger partial charge in [0.2, 0.25) is 0 Å². The van der Waals surface area contributed by atoms with Crippen LogP contribution in [0.3, 0.4) is 0 Å². The summed E-state index contributed by atoms with van der Waals surface area (Å²) < 4.78 is 40.5. The van der Waals surface area contributed by atoms with E-state index in [1.165, 1.54) is 0 Å². The van der Waals surface area contributed by atoms with Crippen LogP contribution in [0.15, 0.2) is 0 Å². The Morgan fingerprint density at radius 3 is 2.31 bits per heavy atom. The predicted octanol–water partition coefficient (Wildman–Crippen LogP) is 3.14. The first-order valence-electron chi connectivity index (χ1n) is 4.50. The van der Waals surface area contributed by atoms with Gasteiger partial charge in [-0.2, -0.15) is 13.2 Å². The van der Waals surface area contributed by atoms with Crippen molar-refractivity contribution in [3.8, 4) is 0 Å². The van der Waals surface area contributed by atoms with Gasteiger partial charge in [-0.3, -0.25) is 0 Å². The second-order valence-corrected chi connectivity index (χ2v) is 4.30. The summed E-state index contributed by atoms with van der Waals surface area (Å²) in [6.07, 6.45) is -3.99. The van der Waals surface area contributed by atoms with Crippen molar-refractivity contribution < 1.29 is 17.9 Å². The third-order valence-electron chi connectivity index (χ3n) is 2.45. The SMILES string of the molecule is CC1(C)COC1CCCC(F)(F)F. The Labute approximate surface area is 76.3 Å². The standard InChI is InChI=1S/C9H15F3O/c1-8(2)6-13-7(8)4-3-5-9(10,11)12/h7H,3-6H2,1-2H3. The average Bonchev–Trinajstić information content (AvgIpc) is 1.94. The molecule has 1 unspecified atom stereocenters. The Balaban J connectivity index is 2.14. The maximum atomic E-state index is 11.8. The minimum atomic E-state index is -4.02. The first-order valence-corrected chi connectivity index (χ1v) is 4.50. The molecule has 0 N–H and O–H groups in total. The van der Waals surface area contributed by atoms with Gasteiger partial charge in [0.1, 0.15) is 0 Å². The molecule has 0 bridgehead atoms. The second-order valence-electron chi connectivity index (χ2n) is 4.30. The van der Waals surface area contributed by atoms with Gasteiger partial charge in [-0.1, -0.05) is 13.8 Å². The quantitative estimate of drug-likeness (QED) is 0.673. The van der Waals surface area contributed by atoms with Crippen molar-refractivity contribution in [3.05, 3.63) is 0 Å². The summed E-state index contributed by atoms with van der Waals surface area (Å²) >= 11 is 0. The van der Waals surface area contributed by atoms with E-state index in [0.29, 0.717) is 13.0 Å². The number of rotatable bonds is 3. The van der Waals surface area contributed by atoms with E-state index >= 15 is 0 Å². The fraction of sp³-hybridized carbons (Fsp3) is 1.00. The van der Waals surface area contributed by atoms with E-state index in [4.69, 9.17) is 4.74 Å². The highest BCUT2D eigenvalue weighted by Crippen LogP contribution is 2.37. The third kappa shape index (κ3) is 3.18. The van der Waals surface area contributed by atoms with Crippen LogP contribution in [-0.2, 0) is 4.74 Å². The van der Waals surface area contributed by atoms with Crippen molar-refractivity contribution in [2.75, 3.05) is 6.61 Å². The van der Waals surface area contributed by atoms with Gasteiger partial charge in [-0.15, -0.1) is 0 Å². The largest absolute Gasteiger partial charge is 0.389 e. The lowest BCUT2D eigenvalue weighted by Gasteiger charge is -2.44. The molecule has 4 heteroatoms. The molecule has 1 aliphatic rings. The molecule has 0 radical (unpaired) electrons. The molecule has 0 aliphatic carbocycles. The maximum Gasteiger partial charge on any atom is 0.389 e. The van der Waals surface area contributed by atoms with Crippen LogP contribution in [0, 0.1) is 5.41 Å². The summed E-state index contributed by atoms with van der Waals surface area (Å²) in [5, 5.41) is 0. The molecule has 0 spiro atoms. The fourth-order valence-electron chi connectivity index (χ4n) is 1.50. The van der Waals surface area contributed by atoms with Gasteiger partial charge < -0.3 is 4.74 Å². The van der Waals surface area contributed by atoms with Crippen LogP contribution in [0.4, 0.5) is 13.2 Å². The first kappa shape index (κ1) is 10.8. The van der Waals surface area contributed by atoms with Crippen LogP contribution < -0.4 is 0 Å². The monoisotopic (exact) mass is 196 g/mol. The average molecular weight is 196 g/mol. The lowest BCUT2D eigenvalue weighted by atomic mass is 9.80. The highest BCUT2D eigenvalue weighted by atomic mass is 19.4. The summed E-state index contributed by atoms with van der Waals surface area (Å²) in [6.45, 7) is 4.72. The zero-order valence-electron chi connectivity index (χ0n) is 7.95. The molecule has 1 nitrogen and oxygen atoms in total. The van der Waals surface area contributed by atoms with Gasteiger partial charge in [-0.25, -0.2) is 0 Å². The molecule has 1 saturated heterocycles. The lowest BCUT2D eigenvalue weighted by Crippen LogP contribution is -2.47. The molecule has 0 amide bonds. The predicted molar refractivity (Wildman–Crippen MR) is 43.4 cm³/mol. The first-order chi connectivity index (χ1) is 5.81. The van der Waals surface area contributed by atoms with Gasteiger partial charge in [-0.05, 0) is 12.8 Å². The van der Waals surface area contributed by atoms with E-state index in [0.717, 1.165) is 0 Å². The van der Waals surface area contributed by atoms with Crippen LogP contribution in [0.2, 0.25) is 0 Å². The van der Waals surface area contributed by atoms with Crippen LogP contribution in [-0.4, -0.2) is 18.9 Å². The minimum absolute atomic E-state index is 0.0230. The van der Waals surface area contributed by atoms with Crippen molar-refractivity contribution in [1.82, 2.24) is 0 Å². The third-order valence-corrected chi connectivity index (χ3v) is 2.45. The number of hydrogen-bond donors (Lipinski definition) is 0. The number of halogens is 3. The van der Waals surface area contributed by atoms with Crippen molar-refractivity contribution in [2.45, 2.75) is 45.4 Å². The topological polar surface area (TPSA) is 9.23 Å². The molecule has 78 valence electrons. The van der Waals surface area contributed by atoms with E-state index in [9.17, 15) is 13.2 Å². The fourth-order valence-corrected chi connectivity index (χ4v) is 1.50. The molecule has 1 rings (SSSR count). The van der Waals surface area contributed by atoms with Crippen molar-refractivity contribution in [3.63, 3.8) is 0 Å². The van der Waals surface area contributed by atoms with Crippen molar-refractivity contribution in [2.24, 2.45) is 5.41 Å². The minimum Gasteiger partial charge on any atom is -0.377 e. The molecule has 1 fully saturated rings. The Hall–Kier alpha value is -0.250. The van der Waals surface area contributed by atoms with Gasteiger partial charge in [0.15, 0.2) is 0 Å². The number of alkyl halides is 3. The van der Waals surface area contributed by atoms with E-state index in [1.54, 1.807) is 0 Å². The Bertz CT molecular complexity index is 174. The molecule has 0 saturated carbocycles. The summed E-state index contributed by atoms with van der Waals surface area (Å²) in [7, 11) is 0. The normalized spacial score (nSPS) is 27.0. The van der Waals surface area contributed by atoms with Crippen LogP contribution in [0.25, 0.3) is 0 Å². The molecule has 13 heavy (non-hydrogen) atoms. The maximum absolute atomic E-state index is 11.8. The Morgan fingerprint density at radius 2 is 2.00 bits per heavy atom. The zero-order chi connectivity index (χ0) is 10.1. The lowest BCUT2D eigenvalue weighted by molar-refractivity contribution is -0.177. The number of ether oxygens (including phenoxy) is 1. The molecule has 1 heterocycles. The molecule has 0 aromatic heterocycles. The Morgan fingerprint density at radius 1 is 1.38 bits per heavy atom. The molecule has 0 aromatic rings. The van der Waals surface area contributed by atoms with E-state index < -0.39 is 12.6 Å². The number of hydrogen-bond acceptors (Lipinski definition) is 1. The van der Waals surface area contributed by atoms with Crippen LogP contribution in [0.5, 0.6) is 0 Å². The smallest absolute Gasteiger partial charge is 0.377 e. The second kappa shape index (κ2) is 3.48. The molecule has 1 aliphatic heterocycles. The van der Waals surface area contributed by atoms with Gasteiger partial charge in [0, 0.05) is 11.8 Å². The van der Waals surface area contributed by atoms with Crippen molar-refractivity contribution in [1.29, 1.82) is 0 Å². The highest BCUT2D eigenvalue weighted by molar-refractivity contribution is 4.86. The van der Waals surface area contributed by atoms with Gasteiger partial charge >= 0.3 is 6.18 Å². The van der Waals surface area contributed by atoms with Crippen LogP contribution in [0.1, 0.15) is 33.1 Å². The summed E-state index contributed by atoms with van der Waals surface area (Å²) in [6, 6.07) is 0. The van der Waals surface area contributed by atoms with Gasteiger partial charge in [0.25, 0.3) is 0 Å². The summed E-state index contributed by atoms with van der Waals surface area (Å²) in [4.78, 5) is 0. The van der Waals surface area contributed by atoms with E-state index in [2.05, 4.69) is 0 Å². The van der Waals surface area contributed by atoms with Crippen molar-refractivity contribution >= 4 is 0 Å². The molecule has 1 atom stereocenters.